The van der Waals surface area contributed by atoms with E-state index in [0.29, 0.717) is 17.6 Å². The van der Waals surface area contributed by atoms with Crippen molar-refractivity contribution in [1.29, 1.82) is 0 Å². The third kappa shape index (κ3) is 1.48. The zero-order valence-corrected chi connectivity index (χ0v) is 8.12. The molecule has 0 heterocycles. The largest absolute Gasteiger partial charge is 0.295 e. The first kappa shape index (κ1) is 8.74. The standard InChI is InChI=1S/C12H16O/c1-8-3-5-11-9(2)12(13)6-4-10(11)7-8/h4,6,9-11H,1,3,5,7H2,2H3/t9-,10?,11-/m0/s1. The van der Waals surface area contributed by atoms with Crippen molar-refractivity contribution in [2.24, 2.45) is 17.8 Å². The van der Waals surface area contributed by atoms with Gasteiger partial charge in [-0.05, 0) is 37.2 Å². The number of hydrogen-bond acceptors (Lipinski definition) is 1. The van der Waals surface area contributed by atoms with Crippen LogP contribution < -0.4 is 0 Å². The number of ketones is 1. The molecule has 1 heteroatoms. The SMILES string of the molecule is C=C1CC[C@@H]2C(C=CC(=O)[C@H]2C)C1. The summed E-state index contributed by atoms with van der Waals surface area (Å²) in [5.41, 5.74) is 1.35. The number of carbonyl (C=O) groups excluding carboxylic acids is 1. The van der Waals surface area contributed by atoms with Crippen molar-refractivity contribution >= 4 is 5.78 Å². The molecule has 0 spiro atoms. The maximum absolute atomic E-state index is 11.4. The fourth-order valence-electron chi connectivity index (χ4n) is 2.58. The minimum atomic E-state index is 0.239. The Balaban J connectivity index is 2.21. The van der Waals surface area contributed by atoms with Gasteiger partial charge in [0.25, 0.3) is 0 Å². The first-order chi connectivity index (χ1) is 6.18. The summed E-state index contributed by atoms with van der Waals surface area (Å²) >= 11 is 0. The van der Waals surface area contributed by atoms with Crippen LogP contribution in [0.2, 0.25) is 0 Å². The second-order valence-electron chi connectivity index (χ2n) is 4.37. The lowest BCUT2D eigenvalue weighted by Gasteiger charge is -2.36. The smallest absolute Gasteiger partial charge is 0.158 e. The molecule has 0 amide bonds. The molecule has 0 N–H and O–H groups in total. The van der Waals surface area contributed by atoms with Gasteiger partial charge in [-0.3, -0.25) is 4.79 Å². The Morgan fingerprint density at radius 3 is 3.08 bits per heavy atom. The molecule has 2 aliphatic carbocycles. The average Bonchev–Trinajstić information content (AvgIpc) is 2.12. The Bertz CT molecular complexity index is 275. The van der Waals surface area contributed by atoms with E-state index in [0.717, 1.165) is 19.3 Å². The van der Waals surface area contributed by atoms with E-state index in [1.54, 1.807) is 6.08 Å². The van der Waals surface area contributed by atoms with Crippen molar-refractivity contribution in [3.05, 3.63) is 24.3 Å². The summed E-state index contributed by atoms with van der Waals surface area (Å²) in [6, 6.07) is 0. The molecule has 0 aliphatic heterocycles. The molecule has 1 fully saturated rings. The van der Waals surface area contributed by atoms with Gasteiger partial charge in [0, 0.05) is 5.92 Å². The third-order valence-corrected chi connectivity index (χ3v) is 3.50. The first-order valence-corrected chi connectivity index (χ1v) is 5.07. The van der Waals surface area contributed by atoms with Crippen LogP contribution in [-0.2, 0) is 4.79 Å². The van der Waals surface area contributed by atoms with Crippen molar-refractivity contribution in [1.82, 2.24) is 0 Å². The van der Waals surface area contributed by atoms with Gasteiger partial charge in [0.15, 0.2) is 5.78 Å². The van der Waals surface area contributed by atoms with Gasteiger partial charge >= 0.3 is 0 Å². The van der Waals surface area contributed by atoms with Crippen LogP contribution in [0.4, 0.5) is 0 Å². The van der Waals surface area contributed by atoms with Crippen molar-refractivity contribution in [2.45, 2.75) is 26.2 Å². The quantitative estimate of drug-likeness (QED) is 0.519. The second-order valence-corrected chi connectivity index (χ2v) is 4.37. The lowest BCUT2D eigenvalue weighted by atomic mass is 9.68. The Morgan fingerprint density at radius 1 is 1.54 bits per heavy atom. The van der Waals surface area contributed by atoms with Crippen LogP contribution in [0.15, 0.2) is 24.3 Å². The normalized spacial score (nSPS) is 39.0. The summed E-state index contributed by atoms with van der Waals surface area (Å²) in [7, 11) is 0. The molecule has 1 unspecified atom stereocenters. The lowest BCUT2D eigenvalue weighted by Crippen LogP contribution is -2.32. The third-order valence-electron chi connectivity index (χ3n) is 3.50. The predicted octanol–water partition coefficient (Wildman–Crippen LogP) is 2.73. The van der Waals surface area contributed by atoms with E-state index in [-0.39, 0.29) is 5.92 Å². The van der Waals surface area contributed by atoms with E-state index in [2.05, 4.69) is 19.6 Å². The summed E-state index contributed by atoms with van der Waals surface area (Å²) in [6.07, 6.45) is 7.23. The fourth-order valence-corrected chi connectivity index (χ4v) is 2.58. The van der Waals surface area contributed by atoms with Gasteiger partial charge in [0.05, 0.1) is 0 Å². The Labute approximate surface area is 79.5 Å². The average molecular weight is 176 g/mol. The number of carbonyl (C=O) groups is 1. The van der Waals surface area contributed by atoms with Crippen LogP contribution in [0.1, 0.15) is 26.2 Å². The van der Waals surface area contributed by atoms with Gasteiger partial charge in [0.2, 0.25) is 0 Å². The minimum absolute atomic E-state index is 0.239. The van der Waals surface area contributed by atoms with E-state index < -0.39 is 0 Å². The van der Waals surface area contributed by atoms with Crippen LogP contribution in [0, 0.1) is 17.8 Å². The fraction of sp³-hybridized carbons (Fsp3) is 0.583. The van der Waals surface area contributed by atoms with E-state index in [1.165, 1.54) is 5.57 Å². The highest BCUT2D eigenvalue weighted by Crippen LogP contribution is 2.40. The topological polar surface area (TPSA) is 17.1 Å². The molecule has 0 aromatic rings. The molecular formula is C12H16O. The molecule has 2 aliphatic rings. The molecule has 3 atom stereocenters. The summed E-state index contributed by atoms with van der Waals surface area (Å²) in [5.74, 6) is 1.73. The number of hydrogen-bond donors (Lipinski definition) is 0. The zero-order chi connectivity index (χ0) is 9.42. The maximum atomic E-state index is 11.4. The van der Waals surface area contributed by atoms with Gasteiger partial charge in [-0.25, -0.2) is 0 Å². The van der Waals surface area contributed by atoms with Crippen LogP contribution in [0.25, 0.3) is 0 Å². The molecule has 0 bridgehead atoms. The summed E-state index contributed by atoms with van der Waals surface area (Å²) < 4.78 is 0. The van der Waals surface area contributed by atoms with E-state index >= 15 is 0 Å². The highest BCUT2D eigenvalue weighted by atomic mass is 16.1. The maximum Gasteiger partial charge on any atom is 0.158 e. The molecular weight excluding hydrogens is 160 g/mol. The van der Waals surface area contributed by atoms with E-state index in [9.17, 15) is 4.79 Å². The molecule has 1 saturated carbocycles. The highest BCUT2D eigenvalue weighted by Gasteiger charge is 2.34. The zero-order valence-electron chi connectivity index (χ0n) is 8.12. The van der Waals surface area contributed by atoms with Crippen LogP contribution in [0.3, 0.4) is 0 Å². The molecule has 0 saturated heterocycles. The van der Waals surface area contributed by atoms with Crippen molar-refractivity contribution in [2.75, 3.05) is 0 Å². The molecule has 0 aromatic heterocycles. The Kier molecular flexibility index (Phi) is 2.10. The van der Waals surface area contributed by atoms with Gasteiger partial charge < -0.3 is 0 Å². The number of allylic oxidation sites excluding steroid dienone is 3. The molecule has 70 valence electrons. The van der Waals surface area contributed by atoms with Crippen LogP contribution >= 0.6 is 0 Å². The molecule has 0 radical (unpaired) electrons. The molecule has 0 aromatic carbocycles. The van der Waals surface area contributed by atoms with Crippen LogP contribution in [0.5, 0.6) is 0 Å². The van der Waals surface area contributed by atoms with Crippen molar-refractivity contribution < 1.29 is 4.79 Å². The minimum Gasteiger partial charge on any atom is -0.295 e. The molecule has 13 heavy (non-hydrogen) atoms. The Morgan fingerprint density at radius 2 is 2.31 bits per heavy atom. The highest BCUT2D eigenvalue weighted by molar-refractivity contribution is 5.92. The first-order valence-electron chi connectivity index (χ1n) is 5.07. The number of rotatable bonds is 0. The monoisotopic (exact) mass is 176 g/mol. The van der Waals surface area contributed by atoms with Crippen molar-refractivity contribution in [3.8, 4) is 0 Å². The van der Waals surface area contributed by atoms with Crippen molar-refractivity contribution in [3.63, 3.8) is 0 Å². The molecule has 2 rings (SSSR count). The summed E-state index contributed by atoms with van der Waals surface area (Å²) in [6.45, 7) is 6.10. The lowest BCUT2D eigenvalue weighted by molar-refractivity contribution is -0.120. The van der Waals surface area contributed by atoms with Gasteiger partial charge in [-0.15, -0.1) is 0 Å². The van der Waals surface area contributed by atoms with Gasteiger partial charge in [0.1, 0.15) is 0 Å². The van der Waals surface area contributed by atoms with Gasteiger partial charge in [-0.1, -0.05) is 25.2 Å². The predicted molar refractivity (Wildman–Crippen MR) is 53.3 cm³/mol. The van der Waals surface area contributed by atoms with E-state index in [1.807, 2.05) is 0 Å². The van der Waals surface area contributed by atoms with E-state index in [4.69, 9.17) is 0 Å². The number of fused-ring (bicyclic) bond motifs is 1. The van der Waals surface area contributed by atoms with Gasteiger partial charge in [-0.2, -0.15) is 0 Å². The summed E-state index contributed by atoms with van der Waals surface area (Å²) in [5, 5.41) is 0. The summed E-state index contributed by atoms with van der Waals surface area (Å²) in [4.78, 5) is 11.4. The second kappa shape index (κ2) is 3.13. The Hall–Kier alpha value is -0.850. The molecule has 1 nitrogen and oxygen atoms in total. The van der Waals surface area contributed by atoms with Crippen LogP contribution in [-0.4, -0.2) is 5.78 Å².